The molecular weight excluding hydrogens is 278 g/mol. The second kappa shape index (κ2) is 6.75. The highest BCUT2D eigenvalue weighted by molar-refractivity contribution is 5.73. The number of nitrogens with one attached hydrogen (secondary N) is 1. The van der Waals surface area contributed by atoms with Crippen LogP contribution < -0.4 is 5.32 Å². The zero-order valence-electron chi connectivity index (χ0n) is 13.3. The van der Waals surface area contributed by atoms with Gasteiger partial charge in [-0.15, -0.1) is 0 Å². The Morgan fingerprint density at radius 2 is 2.05 bits per heavy atom. The van der Waals surface area contributed by atoms with Crippen LogP contribution >= 0.6 is 0 Å². The normalized spacial score (nSPS) is 11.6. The monoisotopic (exact) mass is 301 g/mol. The van der Waals surface area contributed by atoms with Crippen molar-refractivity contribution in [3.05, 3.63) is 42.1 Å². The van der Waals surface area contributed by atoms with Gasteiger partial charge < -0.3 is 10.4 Å². The van der Waals surface area contributed by atoms with Gasteiger partial charge in [-0.25, -0.2) is 0 Å². The maximum Gasteiger partial charge on any atom is 0.309 e. The summed E-state index contributed by atoms with van der Waals surface area (Å²) in [5.74, 6) is -0.760. The first-order chi connectivity index (χ1) is 10.4. The summed E-state index contributed by atoms with van der Waals surface area (Å²) in [5.41, 5.74) is 2.70. The third kappa shape index (κ3) is 3.74. The Hall–Kier alpha value is -2.14. The fraction of sp³-hybridized carbons (Fsp3) is 0.412. The Morgan fingerprint density at radius 3 is 2.68 bits per heavy atom. The molecule has 0 amide bonds. The Balaban J connectivity index is 2.00. The molecule has 2 N–H and O–H groups in total. The Kier molecular flexibility index (Phi) is 4.98. The molecule has 0 saturated heterocycles. The maximum absolute atomic E-state index is 11.1. The van der Waals surface area contributed by atoms with Gasteiger partial charge in [0.1, 0.15) is 0 Å². The summed E-state index contributed by atoms with van der Waals surface area (Å²) in [7, 11) is 1.93. The van der Waals surface area contributed by atoms with E-state index in [1.165, 1.54) is 5.56 Å². The summed E-state index contributed by atoms with van der Waals surface area (Å²) in [6, 6.07) is 10.2. The van der Waals surface area contributed by atoms with Gasteiger partial charge >= 0.3 is 5.97 Å². The molecule has 5 nitrogen and oxygen atoms in total. The first-order valence-electron chi connectivity index (χ1n) is 7.42. The van der Waals surface area contributed by atoms with Gasteiger partial charge in [-0.05, 0) is 38.4 Å². The molecule has 0 aliphatic heterocycles. The first kappa shape index (κ1) is 16.2. The average molecular weight is 301 g/mol. The van der Waals surface area contributed by atoms with E-state index < -0.39 is 11.4 Å². The molecular formula is C17H23N3O2. The van der Waals surface area contributed by atoms with Gasteiger partial charge in [0.05, 0.1) is 11.1 Å². The van der Waals surface area contributed by atoms with Crippen molar-refractivity contribution < 1.29 is 9.90 Å². The lowest BCUT2D eigenvalue weighted by Crippen LogP contribution is -2.28. The van der Waals surface area contributed by atoms with Gasteiger partial charge in [0.2, 0.25) is 0 Å². The third-order valence-electron chi connectivity index (χ3n) is 3.94. The van der Waals surface area contributed by atoms with Gasteiger partial charge in [0.15, 0.2) is 0 Å². The molecule has 118 valence electrons. The summed E-state index contributed by atoms with van der Waals surface area (Å²) in [6.45, 7) is 4.87. The average Bonchev–Trinajstić information content (AvgIpc) is 2.90. The molecule has 0 atom stereocenters. The Morgan fingerprint density at radius 1 is 1.32 bits per heavy atom. The number of carboxylic acids is 1. The van der Waals surface area contributed by atoms with Crippen molar-refractivity contribution in [3.63, 3.8) is 0 Å². The van der Waals surface area contributed by atoms with Crippen LogP contribution in [0.5, 0.6) is 0 Å². The predicted octanol–water partition coefficient (Wildman–Crippen LogP) is 2.68. The lowest BCUT2D eigenvalue weighted by Gasteiger charge is -2.19. The van der Waals surface area contributed by atoms with E-state index in [0.717, 1.165) is 11.3 Å². The van der Waals surface area contributed by atoms with Crippen molar-refractivity contribution in [3.8, 4) is 11.3 Å². The van der Waals surface area contributed by atoms with Crippen molar-refractivity contribution >= 4 is 5.97 Å². The molecule has 22 heavy (non-hydrogen) atoms. The van der Waals surface area contributed by atoms with Crippen molar-refractivity contribution in [2.24, 2.45) is 12.5 Å². The van der Waals surface area contributed by atoms with Gasteiger partial charge in [-0.2, -0.15) is 5.10 Å². The van der Waals surface area contributed by atoms with Crippen LogP contribution in [0.15, 0.2) is 36.5 Å². The highest BCUT2D eigenvalue weighted by Gasteiger charge is 2.26. The predicted molar refractivity (Wildman–Crippen MR) is 86.4 cm³/mol. The molecule has 5 heteroatoms. The number of aromatic nitrogens is 2. The molecule has 1 aromatic heterocycles. The van der Waals surface area contributed by atoms with Crippen molar-refractivity contribution in [2.45, 2.75) is 26.8 Å². The Bertz CT molecular complexity index is 647. The van der Waals surface area contributed by atoms with Crippen molar-refractivity contribution in [1.29, 1.82) is 0 Å². The molecule has 0 radical (unpaired) electrons. The second-order valence-electron chi connectivity index (χ2n) is 6.11. The number of hydrogen-bond acceptors (Lipinski definition) is 3. The van der Waals surface area contributed by atoms with E-state index in [4.69, 9.17) is 5.11 Å². The van der Waals surface area contributed by atoms with Crippen molar-refractivity contribution in [2.75, 3.05) is 6.54 Å². The molecule has 0 aliphatic carbocycles. The number of carbonyl (C=O) groups is 1. The van der Waals surface area contributed by atoms with Gasteiger partial charge in [-0.3, -0.25) is 9.48 Å². The van der Waals surface area contributed by atoms with Crippen LogP contribution in [0, 0.1) is 5.41 Å². The lowest BCUT2D eigenvalue weighted by atomic mass is 9.89. The molecule has 0 unspecified atom stereocenters. The number of hydrogen-bond donors (Lipinski definition) is 2. The first-order valence-corrected chi connectivity index (χ1v) is 7.42. The lowest BCUT2D eigenvalue weighted by molar-refractivity contribution is -0.147. The smallest absolute Gasteiger partial charge is 0.309 e. The van der Waals surface area contributed by atoms with E-state index >= 15 is 0 Å². The van der Waals surface area contributed by atoms with Gasteiger partial charge in [0, 0.05) is 25.4 Å². The molecule has 0 bridgehead atoms. The number of aliphatic carboxylic acids is 1. The van der Waals surface area contributed by atoms with E-state index in [0.29, 0.717) is 19.5 Å². The number of rotatable bonds is 7. The SMILES string of the molecule is Cn1nccc1-c1ccccc1CNCCC(C)(C)C(=O)O. The fourth-order valence-corrected chi connectivity index (χ4v) is 2.29. The van der Waals surface area contributed by atoms with Crippen LogP contribution in [0.25, 0.3) is 11.3 Å². The zero-order chi connectivity index (χ0) is 16.2. The highest BCUT2D eigenvalue weighted by atomic mass is 16.4. The standard InChI is InChI=1S/C17H23N3O2/c1-17(2,16(21)22)9-11-18-12-13-6-4-5-7-14(13)15-8-10-19-20(15)3/h4-8,10,18H,9,11-12H2,1-3H3,(H,21,22). The largest absolute Gasteiger partial charge is 0.481 e. The van der Waals surface area contributed by atoms with Crippen molar-refractivity contribution in [1.82, 2.24) is 15.1 Å². The topological polar surface area (TPSA) is 67.2 Å². The molecule has 0 spiro atoms. The van der Waals surface area contributed by atoms with Crippen LogP contribution in [0.3, 0.4) is 0 Å². The van der Waals surface area contributed by atoms with Crippen LogP contribution in [-0.2, 0) is 18.4 Å². The minimum atomic E-state index is -0.760. The van der Waals surface area contributed by atoms with Gasteiger partial charge in [-0.1, -0.05) is 24.3 Å². The number of nitrogens with zero attached hydrogens (tertiary/aromatic N) is 2. The second-order valence-corrected chi connectivity index (χ2v) is 6.11. The van der Waals surface area contributed by atoms with E-state index in [9.17, 15) is 4.79 Å². The number of benzene rings is 1. The fourth-order valence-electron chi connectivity index (χ4n) is 2.29. The van der Waals surface area contributed by atoms with E-state index in [1.54, 1.807) is 20.0 Å². The zero-order valence-corrected chi connectivity index (χ0v) is 13.3. The summed E-state index contributed by atoms with van der Waals surface area (Å²) in [6.07, 6.45) is 2.38. The minimum absolute atomic E-state index is 0.593. The maximum atomic E-state index is 11.1. The molecule has 0 aliphatic rings. The molecule has 1 heterocycles. The molecule has 0 saturated carbocycles. The van der Waals surface area contributed by atoms with E-state index in [2.05, 4.69) is 22.5 Å². The molecule has 1 aromatic carbocycles. The third-order valence-corrected chi connectivity index (χ3v) is 3.94. The molecule has 0 fully saturated rings. The van der Waals surface area contributed by atoms with E-state index in [-0.39, 0.29) is 0 Å². The minimum Gasteiger partial charge on any atom is -0.481 e. The van der Waals surface area contributed by atoms with Crippen LogP contribution in [0.4, 0.5) is 0 Å². The summed E-state index contributed by atoms with van der Waals surface area (Å²) in [5, 5.41) is 16.7. The Labute approximate surface area is 131 Å². The van der Waals surface area contributed by atoms with E-state index in [1.807, 2.05) is 29.9 Å². The molecule has 2 rings (SSSR count). The molecule has 2 aromatic rings. The van der Waals surface area contributed by atoms with Gasteiger partial charge in [0.25, 0.3) is 0 Å². The van der Waals surface area contributed by atoms with Crippen LogP contribution in [0.2, 0.25) is 0 Å². The quantitative estimate of drug-likeness (QED) is 0.772. The summed E-state index contributed by atoms with van der Waals surface area (Å²) < 4.78 is 1.85. The summed E-state index contributed by atoms with van der Waals surface area (Å²) in [4.78, 5) is 11.1. The number of aryl methyl sites for hydroxylation is 1. The summed E-state index contributed by atoms with van der Waals surface area (Å²) >= 11 is 0. The highest BCUT2D eigenvalue weighted by Crippen LogP contribution is 2.23. The van der Waals surface area contributed by atoms with Crippen LogP contribution in [-0.4, -0.2) is 27.4 Å². The van der Waals surface area contributed by atoms with Crippen LogP contribution in [0.1, 0.15) is 25.8 Å². The number of carboxylic acid groups (broad SMARTS) is 1.